The van der Waals surface area contributed by atoms with Gasteiger partial charge in [0.1, 0.15) is 23.0 Å². The fourth-order valence-corrected chi connectivity index (χ4v) is 2.22. The molecule has 0 spiro atoms. The molecule has 1 aromatic carbocycles. The topological polar surface area (TPSA) is 60.7 Å². The minimum Gasteiger partial charge on any atom is -0.497 e. The van der Waals surface area contributed by atoms with Crippen LogP contribution < -0.4 is 14.8 Å². The highest BCUT2D eigenvalue weighted by molar-refractivity contribution is 5.91. The number of furan rings is 1. The molecule has 1 amide bonds. The molecule has 0 aliphatic rings. The van der Waals surface area contributed by atoms with Gasteiger partial charge in [0.2, 0.25) is 5.91 Å². The van der Waals surface area contributed by atoms with Gasteiger partial charge in [0.15, 0.2) is 0 Å². The molecule has 5 heteroatoms. The lowest BCUT2D eigenvalue weighted by Gasteiger charge is -2.17. The van der Waals surface area contributed by atoms with Gasteiger partial charge in [-0.15, -0.1) is 0 Å². The predicted molar refractivity (Wildman–Crippen MR) is 88.6 cm³/mol. The summed E-state index contributed by atoms with van der Waals surface area (Å²) < 4.78 is 15.9. The number of ether oxygens (including phenoxy) is 2. The zero-order valence-electron chi connectivity index (χ0n) is 13.8. The van der Waals surface area contributed by atoms with Gasteiger partial charge < -0.3 is 19.2 Å². The first-order chi connectivity index (χ1) is 11.0. The molecule has 2 aromatic rings. The van der Waals surface area contributed by atoms with Crippen molar-refractivity contribution in [1.29, 1.82) is 0 Å². The number of hydrogen-bond acceptors (Lipinski definition) is 4. The van der Waals surface area contributed by atoms with Crippen LogP contribution in [0, 0.1) is 6.92 Å². The molecule has 0 radical (unpaired) electrons. The molecule has 1 atom stereocenters. The summed E-state index contributed by atoms with van der Waals surface area (Å²) in [5, 5.41) is 2.90. The van der Waals surface area contributed by atoms with Gasteiger partial charge in [0, 0.05) is 17.7 Å². The van der Waals surface area contributed by atoms with Crippen LogP contribution in [0.2, 0.25) is 0 Å². The van der Waals surface area contributed by atoms with Gasteiger partial charge in [-0.1, -0.05) is 0 Å². The SMILES string of the molecule is COc1ccc(C(C)NC(=O)/C=C/c2ccc(C)o2)c(OC)c1. The second-order valence-electron chi connectivity index (χ2n) is 5.12. The third-order valence-corrected chi connectivity index (χ3v) is 3.43. The van der Waals surface area contributed by atoms with E-state index in [0.29, 0.717) is 17.3 Å². The molecule has 0 saturated carbocycles. The van der Waals surface area contributed by atoms with E-state index in [9.17, 15) is 4.79 Å². The van der Waals surface area contributed by atoms with E-state index < -0.39 is 0 Å². The minimum atomic E-state index is -0.204. The fraction of sp³-hybridized carbons (Fsp3) is 0.278. The van der Waals surface area contributed by atoms with Crippen LogP contribution in [0.4, 0.5) is 0 Å². The number of methoxy groups -OCH3 is 2. The Bertz CT molecular complexity index is 703. The summed E-state index contributed by atoms with van der Waals surface area (Å²) in [6.45, 7) is 3.75. The number of nitrogens with one attached hydrogen (secondary N) is 1. The highest BCUT2D eigenvalue weighted by Gasteiger charge is 2.13. The zero-order valence-corrected chi connectivity index (χ0v) is 13.8. The van der Waals surface area contributed by atoms with Crippen molar-refractivity contribution in [2.24, 2.45) is 0 Å². The lowest BCUT2D eigenvalue weighted by molar-refractivity contribution is -0.117. The second-order valence-corrected chi connectivity index (χ2v) is 5.12. The summed E-state index contributed by atoms with van der Waals surface area (Å²) in [5.74, 6) is 2.62. The van der Waals surface area contributed by atoms with Crippen molar-refractivity contribution in [1.82, 2.24) is 5.32 Å². The number of aryl methyl sites for hydroxylation is 1. The Kier molecular flexibility index (Phi) is 5.46. The van der Waals surface area contributed by atoms with Crippen LogP contribution in [0.5, 0.6) is 11.5 Å². The predicted octanol–water partition coefficient (Wildman–Crippen LogP) is 3.50. The van der Waals surface area contributed by atoms with Crippen molar-refractivity contribution in [2.75, 3.05) is 14.2 Å². The summed E-state index contributed by atoms with van der Waals surface area (Å²) in [4.78, 5) is 12.0. The Balaban J connectivity index is 2.04. The van der Waals surface area contributed by atoms with Crippen molar-refractivity contribution < 1.29 is 18.7 Å². The normalized spacial score (nSPS) is 12.2. The van der Waals surface area contributed by atoms with Crippen LogP contribution in [0.25, 0.3) is 6.08 Å². The summed E-state index contributed by atoms with van der Waals surface area (Å²) in [6.07, 6.45) is 3.09. The average molecular weight is 315 g/mol. The number of carbonyl (C=O) groups excluding carboxylic acids is 1. The number of carbonyl (C=O) groups is 1. The Morgan fingerprint density at radius 1 is 1.22 bits per heavy atom. The van der Waals surface area contributed by atoms with Gasteiger partial charge >= 0.3 is 0 Å². The third-order valence-electron chi connectivity index (χ3n) is 3.43. The Labute approximate surface area is 135 Å². The highest BCUT2D eigenvalue weighted by atomic mass is 16.5. The maximum absolute atomic E-state index is 12.0. The van der Waals surface area contributed by atoms with E-state index in [4.69, 9.17) is 13.9 Å². The molecule has 0 saturated heterocycles. The third kappa shape index (κ3) is 4.39. The molecule has 1 unspecified atom stereocenters. The largest absolute Gasteiger partial charge is 0.497 e. The molecule has 2 rings (SSSR count). The molecule has 23 heavy (non-hydrogen) atoms. The summed E-state index contributed by atoms with van der Waals surface area (Å²) in [6, 6.07) is 8.97. The second kappa shape index (κ2) is 7.54. The highest BCUT2D eigenvalue weighted by Crippen LogP contribution is 2.29. The number of amides is 1. The van der Waals surface area contributed by atoms with E-state index in [2.05, 4.69) is 5.32 Å². The van der Waals surface area contributed by atoms with E-state index in [1.54, 1.807) is 26.4 Å². The lowest BCUT2D eigenvalue weighted by Crippen LogP contribution is -2.25. The smallest absolute Gasteiger partial charge is 0.244 e. The van der Waals surface area contributed by atoms with E-state index in [1.807, 2.05) is 38.1 Å². The average Bonchev–Trinajstić information content (AvgIpc) is 2.97. The van der Waals surface area contributed by atoms with Gasteiger partial charge in [-0.05, 0) is 44.2 Å². The van der Waals surface area contributed by atoms with Crippen LogP contribution in [-0.2, 0) is 4.79 Å². The number of benzene rings is 1. The van der Waals surface area contributed by atoms with Crippen LogP contribution >= 0.6 is 0 Å². The lowest BCUT2D eigenvalue weighted by atomic mass is 10.1. The summed E-state index contributed by atoms with van der Waals surface area (Å²) in [7, 11) is 3.19. The summed E-state index contributed by atoms with van der Waals surface area (Å²) in [5.41, 5.74) is 0.879. The molecule has 0 aliphatic heterocycles. The maximum Gasteiger partial charge on any atom is 0.244 e. The molecule has 1 heterocycles. The molecule has 0 bridgehead atoms. The van der Waals surface area contributed by atoms with Gasteiger partial charge in [-0.3, -0.25) is 4.79 Å². The first-order valence-electron chi connectivity index (χ1n) is 7.30. The first-order valence-corrected chi connectivity index (χ1v) is 7.30. The Hall–Kier alpha value is -2.69. The van der Waals surface area contributed by atoms with Crippen LogP contribution in [0.15, 0.2) is 40.8 Å². The molecule has 0 aliphatic carbocycles. The number of hydrogen-bond donors (Lipinski definition) is 1. The van der Waals surface area contributed by atoms with E-state index >= 15 is 0 Å². The van der Waals surface area contributed by atoms with Gasteiger partial charge in [-0.25, -0.2) is 0 Å². The first kappa shape index (κ1) is 16.7. The molecular formula is C18H21NO4. The van der Waals surface area contributed by atoms with Crippen LogP contribution in [0.1, 0.15) is 30.0 Å². The molecule has 5 nitrogen and oxygen atoms in total. The van der Waals surface area contributed by atoms with Gasteiger partial charge in [0.25, 0.3) is 0 Å². The van der Waals surface area contributed by atoms with E-state index in [-0.39, 0.29) is 11.9 Å². The molecule has 1 aromatic heterocycles. The maximum atomic E-state index is 12.0. The van der Waals surface area contributed by atoms with Gasteiger partial charge in [-0.2, -0.15) is 0 Å². The monoisotopic (exact) mass is 315 g/mol. The van der Waals surface area contributed by atoms with Crippen molar-refractivity contribution in [3.63, 3.8) is 0 Å². The Morgan fingerprint density at radius 2 is 2.00 bits per heavy atom. The minimum absolute atomic E-state index is 0.202. The molecule has 122 valence electrons. The van der Waals surface area contributed by atoms with Gasteiger partial charge in [0.05, 0.1) is 20.3 Å². The van der Waals surface area contributed by atoms with Crippen molar-refractivity contribution in [3.8, 4) is 11.5 Å². The zero-order chi connectivity index (χ0) is 16.8. The van der Waals surface area contributed by atoms with E-state index in [1.165, 1.54) is 6.08 Å². The number of rotatable bonds is 6. The van der Waals surface area contributed by atoms with E-state index in [0.717, 1.165) is 11.3 Å². The quantitative estimate of drug-likeness (QED) is 0.829. The fourth-order valence-electron chi connectivity index (χ4n) is 2.22. The standard InChI is InChI=1S/C18H21NO4/c1-12-5-6-14(23-12)8-10-18(20)19-13(2)16-9-7-15(21-3)11-17(16)22-4/h5-11,13H,1-4H3,(H,19,20)/b10-8+. The molecule has 1 N–H and O–H groups in total. The molecule has 0 fully saturated rings. The van der Waals surface area contributed by atoms with Crippen molar-refractivity contribution in [2.45, 2.75) is 19.9 Å². The summed E-state index contributed by atoms with van der Waals surface area (Å²) >= 11 is 0. The van der Waals surface area contributed by atoms with Crippen LogP contribution in [-0.4, -0.2) is 20.1 Å². The van der Waals surface area contributed by atoms with Crippen LogP contribution in [0.3, 0.4) is 0 Å². The van der Waals surface area contributed by atoms with Crippen molar-refractivity contribution in [3.05, 3.63) is 53.5 Å². The van der Waals surface area contributed by atoms with Crippen molar-refractivity contribution >= 4 is 12.0 Å². The molecular weight excluding hydrogens is 294 g/mol. The Morgan fingerprint density at radius 3 is 2.61 bits per heavy atom.